The third-order valence-electron chi connectivity index (χ3n) is 3.46. The summed E-state index contributed by atoms with van der Waals surface area (Å²) in [6.07, 6.45) is -13.1. The summed E-state index contributed by atoms with van der Waals surface area (Å²) in [4.78, 5) is 0. The smallest absolute Gasteiger partial charge is 1.00 e. The molecule has 2 aromatic carbocycles. The molecule has 0 amide bonds. The molecule has 0 spiro atoms. The van der Waals surface area contributed by atoms with Crippen molar-refractivity contribution in [2.45, 2.75) is 18.0 Å². The van der Waals surface area contributed by atoms with Gasteiger partial charge in [0.25, 0.3) is 5.60 Å². The molecule has 0 atom stereocenters. The molecule has 0 aliphatic rings. The van der Waals surface area contributed by atoms with Crippen LogP contribution in [-0.2, 0) is 0 Å². The van der Waals surface area contributed by atoms with Gasteiger partial charge in [-0.3, -0.25) is 0 Å². The van der Waals surface area contributed by atoms with Crippen molar-refractivity contribution in [3.05, 3.63) is 60.7 Å². The van der Waals surface area contributed by atoms with Crippen LogP contribution in [0.3, 0.4) is 0 Å². The molecule has 9 heteroatoms. The van der Waals surface area contributed by atoms with Crippen LogP contribution in [-0.4, -0.2) is 29.2 Å². The molecule has 2 rings (SSSR count). The molecule has 1 N–H and O–H groups in total. The number of hydrogen-bond donors (Lipinski definition) is 1. The third-order valence-corrected chi connectivity index (χ3v) is 6.08. The Morgan fingerprint density at radius 3 is 1.32 bits per heavy atom. The Kier molecular flexibility index (Phi) is 7.18. The molecule has 2 aromatic rings. The van der Waals surface area contributed by atoms with E-state index in [2.05, 4.69) is 0 Å². The first-order valence-corrected chi connectivity index (χ1v) is 8.32. The average Bonchev–Trinajstić information content (AvgIpc) is 2.52. The van der Waals surface area contributed by atoms with Gasteiger partial charge in [0.1, 0.15) is 0 Å². The van der Waals surface area contributed by atoms with Gasteiger partial charge in [-0.05, 0) is 18.5 Å². The van der Waals surface area contributed by atoms with Gasteiger partial charge in [0.2, 0.25) is 0 Å². The van der Waals surface area contributed by atoms with Crippen LogP contribution >= 0.6 is 7.92 Å². The zero-order valence-corrected chi connectivity index (χ0v) is 14.0. The van der Waals surface area contributed by atoms with Crippen LogP contribution in [0.5, 0.6) is 0 Å². The minimum atomic E-state index is -5.82. The Labute approximate surface area is 155 Å². The maximum atomic E-state index is 13.0. The summed E-state index contributed by atoms with van der Waals surface area (Å²) < 4.78 is 78.2. The molecular weight excluding hydrogens is 360 g/mol. The van der Waals surface area contributed by atoms with E-state index in [1.54, 1.807) is 12.1 Å². The predicted molar refractivity (Wildman–Crippen MR) is 82.1 cm³/mol. The second-order valence-electron chi connectivity index (χ2n) is 5.11. The van der Waals surface area contributed by atoms with Gasteiger partial charge >= 0.3 is 31.2 Å². The van der Waals surface area contributed by atoms with Crippen LogP contribution in [0.25, 0.3) is 0 Å². The average molecular weight is 374 g/mol. The van der Waals surface area contributed by atoms with E-state index in [-0.39, 0.29) is 20.3 Å². The third kappa shape index (κ3) is 4.80. The number of aliphatic hydroxyl groups is 1. The Balaban J connectivity index is 0.00000312. The van der Waals surface area contributed by atoms with E-state index in [1.807, 2.05) is 0 Å². The molecule has 0 bridgehead atoms. The zero-order valence-electron chi connectivity index (χ0n) is 14.1. The number of rotatable bonds is 4. The van der Waals surface area contributed by atoms with Crippen LogP contribution in [0.2, 0.25) is 0 Å². The van der Waals surface area contributed by atoms with Crippen molar-refractivity contribution in [3.8, 4) is 0 Å². The molecule has 0 radical (unpaired) electrons. The van der Waals surface area contributed by atoms with Crippen molar-refractivity contribution in [3.63, 3.8) is 0 Å². The van der Waals surface area contributed by atoms with Crippen molar-refractivity contribution in [2.24, 2.45) is 0 Å². The summed E-state index contributed by atoms with van der Waals surface area (Å²) in [7, 11) is -2.06. The van der Waals surface area contributed by atoms with Gasteiger partial charge in [0.15, 0.2) is 0 Å². The second kappa shape index (κ2) is 8.14. The van der Waals surface area contributed by atoms with Gasteiger partial charge < -0.3 is 6.53 Å². The Bertz CT molecular complexity index is 612. The first-order valence-electron chi connectivity index (χ1n) is 6.80. The maximum absolute atomic E-state index is 13.0. The molecule has 1 nitrogen and oxygen atoms in total. The van der Waals surface area contributed by atoms with Crippen LogP contribution in [0.4, 0.5) is 26.3 Å². The van der Waals surface area contributed by atoms with E-state index in [0.717, 1.165) is 0 Å². The second-order valence-corrected chi connectivity index (χ2v) is 7.32. The molecule has 0 fully saturated rings. The predicted octanol–water partition coefficient (Wildman–Crippen LogP) is 1.09. The van der Waals surface area contributed by atoms with E-state index in [0.29, 0.717) is 10.6 Å². The Morgan fingerprint density at radius 1 is 0.720 bits per heavy atom. The SMILES string of the molecule is OC(CP(c1ccccc1)c1ccccc1)(C(F)(F)F)C(F)(F)F.[H-].[Li+]. The zero-order chi connectivity index (χ0) is 18.0. The van der Waals surface area contributed by atoms with E-state index in [1.165, 1.54) is 48.5 Å². The van der Waals surface area contributed by atoms with Gasteiger partial charge in [-0.25, -0.2) is 0 Å². The molecule has 0 saturated heterocycles. The fourth-order valence-corrected chi connectivity index (χ4v) is 4.66. The Morgan fingerprint density at radius 2 is 1.04 bits per heavy atom. The standard InChI is InChI=1S/C16H13F6OP.Li.H/c17-15(18,19)14(23,16(20,21)22)11-24(12-7-3-1-4-8-12)13-9-5-2-6-10-13;;/h1-10,23H,11H2;;/q;+1;-1. The molecule has 0 unspecified atom stereocenters. The van der Waals surface area contributed by atoms with Crippen LogP contribution < -0.4 is 29.5 Å². The van der Waals surface area contributed by atoms with E-state index >= 15 is 0 Å². The van der Waals surface area contributed by atoms with E-state index in [4.69, 9.17) is 0 Å². The fraction of sp³-hybridized carbons (Fsp3) is 0.250. The molecule has 132 valence electrons. The molecule has 0 saturated carbocycles. The van der Waals surface area contributed by atoms with Crippen molar-refractivity contribution in [1.82, 2.24) is 0 Å². The number of hydrogen-bond acceptors (Lipinski definition) is 1. The summed E-state index contributed by atoms with van der Waals surface area (Å²) in [6.45, 7) is 0. The maximum Gasteiger partial charge on any atom is 1.00 e. The number of alkyl halides is 6. The molecule has 25 heavy (non-hydrogen) atoms. The molecular formula is C16H14F6LiOP. The minimum Gasteiger partial charge on any atom is -1.00 e. The summed E-state index contributed by atoms with van der Waals surface area (Å²) in [5.74, 6) is 0. The summed E-state index contributed by atoms with van der Waals surface area (Å²) in [6, 6.07) is 15.2. The monoisotopic (exact) mass is 374 g/mol. The summed E-state index contributed by atoms with van der Waals surface area (Å²) >= 11 is 0. The Hall–Kier alpha value is -0.993. The summed E-state index contributed by atoms with van der Waals surface area (Å²) in [5.41, 5.74) is -4.77. The normalized spacial score (nSPS) is 12.8. The molecule has 0 heterocycles. The van der Waals surface area contributed by atoms with Gasteiger partial charge in [-0.1, -0.05) is 60.7 Å². The molecule has 0 aliphatic carbocycles. The topological polar surface area (TPSA) is 20.2 Å². The first-order chi connectivity index (χ1) is 11.1. The van der Waals surface area contributed by atoms with Crippen molar-refractivity contribution >= 4 is 18.5 Å². The van der Waals surface area contributed by atoms with Crippen LogP contribution in [0.15, 0.2) is 60.7 Å². The van der Waals surface area contributed by atoms with Gasteiger partial charge in [0, 0.05) is 6.16 Å². The fourth-order valence-electron chi connectivity index (χ4n) is 2.12. The van der Waals surface area contributed by atoms with Gasteiger partial charge in [-0.2, -0.15) is 26.3 Å². The molecule has 0 aliphatic heterocycles. The van der Waals surface area contributed by atoms with Crippen molar-refractivity contribution in [1.29, 1.82) is 0 Å². The summed E-state index contributed by atoms with van der Waals surface area (Å²) in [5, 5.41) is 10.2. The quantitative estimate of drug-likeness (QED) is 0.483. The largest absolute Gasteiger partial charge is 1.00 e. The van der Waals surface area contributed by atoms with E-state index in [9.17, 15) is 31.4 Å². The van der Waals surface area contributed by atoms with Gasteiger partial charge in [0.05, 0.1) is 0 Å². The van der Waals surface area contributed by atoms with Crippen LogP contribution in [0.1, 0.15) is 1.43 Å². The minimum absolute atomic E-state index is 0. The number of halogens is 6. The van der Waals surface area contributed by atoms with Crippen molar-refractivity contribution < 1.29 is 51.7 Å². The first kappa shape index (κ1) is 22.0. The van der Waals surface area contributed by atoms with Crippen LogP contribution in [0, 0.1) is 0 Å². The van der Waals surface area contributed by atoms with E-state index < -0.39 is 32.0 Å². The molecule has 0 aromatic heterocycles. The number of benzene rings is 2. The van der Waals surface area contributed by atoms with Crippen molar-refractivity contribution in [2.75, 3.05) is 6.16 Å². The van der Waals surface area contributed by atoms with Gasteiger partial charge in [-0.15, -0.1) is 0 Å².